The second-order valence-electron chi connectivity index (χ2n) is 2.76. The second-order valence-corrected chi connectivity index (χ2v) is 2.76. The van der Waals surface area contributed by atoms with Gasteiger partial charge in [0.2, 0.25) is 0 Å². The van der Waals surface area contributed by atoms with E-state index in [1.807, 2.05) is 0 Å². The van der Waals surface area contributed by atoms with Gasteiger partial charge in [-0.3, -0.25) is 0 Å². The summed E-state index contributed by atoms with van der Waals surface area (Å²) >= 11 is 0. The van der Waals surface area contributed by atoms with Crippen molar-refractivity contribution in [3.05, 3.63) is 0 Å². The maximum atomic E-state index is 11.6. The Morgan fingerprint density at radius 2 is 1.92 bits per heavy atom. The summed E-state index contributed by atoms with van der Waals surface area (Å²) in [6.45, 7) is 4.84. The van der Waals surface area contributed by atoms with Crippen molar-refractivity contribution in [2.75, 3.05) is 33.0 Å². The maximum absolute atomic E-state index is 11.6. The number of ether oxygens (including phenoxy) is 1. The van der Waals surface area contributed by atoms with E-state index in [4.69, 9.17) is 4.74 Å². The molecule has 0 heterocycles. The predicted octanol–water partition coefficient (Wildman–Crippen LogP) is 1.75. The molecule has 0 bridgehead atoms. The van der Waals surface area contributed by atoms with E-state index in [9.17, 15) is 4.39 Å². The summed E-state index contributed by atoms with van der Waals surface area (Å²) in [5, 5.41) is 2.97. The first-order chi connectivity index (χ1) is 5.91. The van der Waals surface area contributed by atoms with Crippen molar-refractivity contribution >= 4 is 0 Å². The van der Waals surface area contributed by atoms with Crippen LogP contribution in [0, 0.1) is 0 Å². The fraction of sp³-hybridized carbons (Fsp3) is 1.00. The Morgan fingerprint density at radius 3 is 2.58 bits per heavy atom. The lowest BCUT2D eigenvalue weighted by atomic mass is 10.4. The van der Waals surface area contributed by atoms with Crippen LogP contribution in [0.2, 0.25) is 0 Å². The Labute approximate surface area is 74.5 Å². The Balaban J connectivity index is 2.73. The Morgan fingerprint density at radius 1 is 1.17 bits per heavy atom. The van der Waals surface area contributed by atoms with E-state index in [-0.39, 0.29) is 6.67 Å². The average Bonchev–Trinajstić information content (AvgIpc) is 2.10. The smallest absolute Gasteiger partial charge is 0.102 e. The van der Waals surface area contributed by atoms with Gasteiger partial charge in [0.25, 0.3) is 0 Å². The zero-order valence-electron chi connectivity index (χ0n) is 7.94. The summed E-state index contributed by atoms with van der Waals surface area (Å²) in [7, 11) is 0. The number of nitrogens with one attached hydrogen (secondary N) is 1. The number of rotatable bonds is 9. The van der Waals surface area contributed by atoms with Crippen LogP contribution in [0.15, 0.2) is 0 Å². The van der Waals surface area contributed by atoms with Crippen molar-refractivity contribution in [2.45, 2.75) is 26.2 Å². The molecule has 0 amide bonds. The van der Waals surface area contributed by atoms with Gasteiger partial charge in [0.15, 0.2) is 0 Å². The van der Waals surface area contributed by atoms with Gasteiger partial charge in [-0.25, -0.2) is 4.39 Å². The minimum absolute atomic E-state index is 0.281. The van der Waals surface area contributed by atoms with Crippen LogP contribution in [0.5, 0.6) is 0 Å². The number of halogens is 1. The monoisotopic (exact) mass is 177 g/mol. The van der Waals surface area contributed by atoms with Gasteiger partial charge in [0.05, 0.1) is 0 Å². The van der Waals surface area contributed by atoms with Crippen LogP contribution in [0.3, 0.4) is 0 Å². The van der Waals surface area contributed by atoms with E-state index in [0.717, 1.165) is 32.6 Å². The molecule has 2 nitrogen and oxygen atoms in total. The van der Waals surface area contributed by atoms with Crippen LogP contribution in [-0.4, -0.2) is 33.0 Å². The number of unbranched alkanes of at least 4 members (excludes halogenated alkanes) is 1. The maximum Gasteiger partial charge on any atom is 0.102 e. The zero-order chi connectivity index (χ0) is 9.07. The first-order valence-electron chi connectivity index (χ1n) is 4.76. The molecule has 0 spiro atoms. The Kier molecular flexibility index (Phi) is 10.7. The fourth-order valence-electron chi connectivity index (χ4n) is 0.840. The van der Waals surface area contributed by atoms with Gasteiger partial charge in [-0.1, -0.05) is 13.3 Å². The number of hydrogen-bond acceptors (Lipinski definition) is 2. The highest BCUT2D eigenvalue weighted by Crippen LogP contribution is 1.88. The summed E-state index contributed by atoms with van der Waals surface area (Å²) < 4.78 is 16.9. The van der Waals surface area contributed by atoms with Gasteiger partial charge in [-0.2, -0.15) is 0 Å². The molecule has 0 atom stereocenters. The normalized spacial score (nSPS) is 10.5. The van der Waals surface area contributed by atoms with Crippen LogP contribution >= 0.6 is 0 Å². The molecular weight excluding hydrogens is 157 g/mol. The van der Waals surface area contributed by atoms with E-state index < -0.39 is 0 Å². The molecule has 3 heteroatoms. The molecule has 0 aliphatic carbocycles. The molecule has 74 valence electrons. The summed E-state index contributed by atoms with van der Waals surface area (Å²) in [6.07, 6.45) is 3.29. The van der Waals surface area contributed by atoms with Crippen molar-refractivity contribution in [1.29, 1.82) is 0 Å². The Bertz CT molecular complexity index is 70.9. The average molecular weight is 177 g/mol. The van der Waals surface area contributed by atoms with Crippen molar-refractivity contribution in [3.8, 4) is 0 Å². The van der Waals surface area contributed by atoms with Crippen LogP contribution in [0.25, 0.3) is 0 Å². The summed E-state index contributed by atoms with van der Waals surface area (Å²) in [5.74, 6) is 0. The standard InChI is InChI=1S/C9H20FNO/c1-2-3-8-12-9-4-6-11-7-5-10/h11H,2-9H2,1H3. The Hall–Kier alpha value is -0.150. The molecule has 1 N–H and O–H groups in total. The summed E-state index contributed by atoms with van der Waals surface area (Å²) in [4.78, 5) is 0. The van der Waals surface area contributed by atoms with Crippen molar-refractivity contribution < 1.29 is 9.13 Å². The van der Waals surface area contributed by atoms with Gasteiger partial charge in [0, 0.05) is 19.8 Å². The van der Waals surface area contributed by atoms with Gasteiger partial charge in [0.1, 0.15) is 6.67 Å². The predicted molar refractivity (Wildman–Crippen MR) is 49.2 cm³/mol. The minimum atomic E-state index is -0.281. The molecule has 0 radical (unpaired) electrons. The van der Waals surface area contributed by atoms with Gasteiger partial charge in [-0.15, -0.1) is 0 Å². The second kappa shape index (κ2) is 10.8. The molecule has 0 saturated carbocycles. The largest absolute Gasteiger partial charge is 0.381 e. The van der Waals surface area contributed by atoms with E-state index in [2.05, 4.69) is 12.2 Å². The highest BCUT2D eigenvalue weighted by molar-refractivity contribution is 4.45. The minimum Gasteiger partial charge on any atom is -0.381 e. The quantitative estimate of drug-likeness (QED) is 0.542. The molecule has 12 heavy (non-hydrogen) atoms. The topological polar surface area (TPSA) is 21.3 Å². The molecule has 0 unspecified atom stereocenters. The van der Waals surface area contributed by atoms with Gasteiger partial charge < -0.3 is 10.1 Å². The fourth-order valence-corrected chi connectivity index (χ4v) is 0.840. The van der Waals surface area contributed by atoms with Gasteiger partial charge >= 0.3 is 0 Å². The molecule has 0 aromatic carbocycles. The molecule has 0 rings (SSSR count). The van der Waals surface area contributed by atoms with E-state index >= 15 is 0 Å². The molecule has 0 saturated heterocycles. The highest BCUT2D eigenvalue weighted by atomic mass is 19.1. The molecular formula is C9H20FNO. The number of hydrogen-bond donors (Lipinski definition) is 1. The SMILES string of the molecule is CCCCOCCCNCCF. The molecule has 0 aliphatic heterocycles. The van der Waals surface area contributed by atoms with E-state index in [1.54, 1.807) is 0 Å². The van der Waals surface area contributed by atoms with Crippen molar-refractivity contribution in [2.24, 2.45) is 0 Å². The van der Waals surface area contributed by atoms with E-state index in [1.165, 1.54) is 6.42 Å². The summed E-state index contributed by atoms with van der Waals surface area (Å²) in [5.41, 5.74) is 0. The third-order valence-corrected chi connectivity index (χ3v) is 1.56. The molecule has 0 aliphatic rings. The molecule has 0 aromatic heterocycles. The van der Waals surface area contributed by atoms with E-state index in [0.29, 0.717) is 6.54 Å². The number of alkyl halides is 1. The first kappa shape index (κ1) is 11.8. The van der Waals surface area contributed by atoms with Crippen molar-refractivity contribution in [1.82, 2.24) is 5.32 Å². The highest BCUT2D eigenvalue weighted by Gasteiger charge is 1.88. The third kappa shape index (κ3) is 9.85. The van der Waals surface area contributed by atoms with Crippen LogP contribution in [0.4, 0.5) is 4.39 Å². The lowest BCUT2D eigenvalue weighted by Crippen LogP contribution is -2.19. The summed E-state index contributed by atoms with van der Waals surface area (Å²) in [6, 6.07) is 0. The van der Waals surface area contributed by atoms with Crippen molar-refractivity contribution in [3.63, 3.8) is 0 Å². The van der Waals surface area contributed by atoms with Crippen LogP contribution in [-0.2, 0) is 4.74 Å². The first-order valence-corrected chi connectivity index (χ1v) is 4.76. The van der Waals surface area contributed by atoms with Crippen LogP contribution < -0.4 is 5.32 Å². The lowest BCUT2D eigenvalue weighted by Gasteiger charge is -2.03. The molecule has 0 aromatic rings. The lowest BCUT2D eigenvalue weighted by molar-refractivity contribution is 0.128. The van der Waals surface area contributed by atoms with Crippen LogP contribution in [0.1, 0.15) is 26.2 Å². The zero-order valence-corrected chi connectivity index (χ0v) is 7.94. The van der Waals surface area contributed by atoms with Gasteiger partial charge in [-0.05, 0) is 19.4 Å². The molecule has 0 fully saturated rings. The third-order valence-electron chi connectivity index (χ3n) is 1.56.